The molecule has 3 rings (SSSR count). The molecular formula is C16H19. The van der Waals surface area contributed by atoms with Crippen LogP contribution < -0.4 is 0 Å². The maximum absolute atomic E-state index is 3.64. The van der Waals surface area contributed by atoms with Crippen molar-refractivity contribution in [1.29, 1.82) is 0 Å². The second-order valence-electron chi connectivity index (χ2n) is 5.24. The molecule has 3 atom stereocenters. The fourth-order valence-electron chi connectivity index (χ4n) is 3.28. The third kappa shape index (κ3) is 1.93. The molecule has 0 bridgehead atoms. The summed E-state index contributed by atoms with van der Waals surface area (Å²) in [7, 11) is 0. The fourth-order valence-corrected chi connectivity index (χ4v) is 3.28. The SMILES string of the molecule is [C]1=CC(c2ccccc2)CC2CCCCC12. The molecule has 1 radical (unpaired) electrons. The summed E-state index contributed by atoms with van der Waals surface area (Å²) in [6.07, 6.45) is 13.0. The summed E-state index contributed by atoms with van der Waals surface area (Å²) in [5, 5.41) is 0. The monoisotopic (exact) mass is 211 g/mol. The Morgan fingerprint density at radius 3 is 2.69 bits per heavy atom. The number of hydrogen-bond acceptors (Lipinski definition) is 0. The van der Waals surface area contributed by atoms with Gasteiger partial charge in [0.1, 0.15) is 0 Å². The average molecular weight is 211 g/mol. The Morgan fingerprint density at radius 1 is 1.00 bits per heavy atom. The molecule has 0 saturated heterocycles. The van der Waals surface area contributed by atoms with Gasteiger partial charge in [-0.25, -0.2) is 0 Å². The van der Waals surface area contributed by atoms with E-state index in [1.54, 1.807) is 0 Å². The predicted molar refractivity (Wildman–Crippen MR) is 67.1 cm³/mol. The third-order valence-corrected chi connectivity index (χ3v) is 4.20. The van der Waals surface area contributed by atoms with E-state index < -0.39 is 0 Å². The maximum atomic E-state index is 3.64. The Hall–Kier alpha value is -1.04. The van der Waals surface area contributed by atoms with E-state index in [0.29, 0.717) is 5.92 Å². The highest BCUT2D eigenvalue weighted by atomic mass is 14.3. The molecule has 0 amide bonds. The van der Waals surface area contributed by atoms with Gasteiger partial charge in [0, 0.05) is 5.92 Å². The summed E-state index contributed by atoms with van der Waals surface area (Å²) in [5.74, 6) is 2.30. The summed E-state index contributed by atoms with van der Waals surface area (Å²) >= 11 is 0. The lowest BCUT2D eigenvalue weighted by Gasteiger charge is -2.35. The third-order valence-electron chi connectivity index (χ3n) is 4.20. The van der Waals surface area contributed by atoms with Crippen LogP contribution in [0.4, 0.5) is 0 Å². The van der Waals surface area contributed by atoms with Crippen molar-refractivity contribution in [2.75, 3.05) is 0 Å². The number of fused-ring (bicyclic) bond motifs is 1. The van der Waals surface area contributed by atoms with E-state index in [1.165, 1.54) is 37.7 Å². The van der Waals surface area contributed by atoms with Crippen LogP contribution in [0.3, 0.4) is 0 Å². The van der Waals surface area contributed by atoms with Gasteiger partial charge in [-0.1, -0.05) is 49.2 Å². The van der Waals surface area contributed by atoms with Crippen molar-refractivity contribution < 1.29 is 0 Å². The molecule has 2 aliphatic carbocycles. The normalized spacial score (nSPS) is 33.4. The van der Waals surface area contributed by atoms with Crippen molar-refractivity contribution >= 4 is 0 Å². The molecule has 0 nitrogen and oxygen atoms in total. The molecule has 0 spiro atoms. The van der Waals surface area contributed by atoms with E-state index in [0.717, 1.165) is 11.8 Å². The molecular weight excluding hydrogens is 192 g/mol. The van der Waals surface area contributed by atoms with E-state index in [1.807, 2.05) is 0 Å². The van der Waals surface area contributed by atoms with Crippen molar-refractivity contribution in [3.05, 3.63) is 48.0 Å². The zero-order valence-corrected chi connectivity index (χ0v) is 9.73. The van der Waals surface area contributed by atoms with Gasteiger partial charge in [0.2, 0.25) is 0 Å². The van der Waals surface area contributed by atoms with Gasteiger partial charge in [-0.15, -0.1) is 0 Å². The number of allylic oxidation sites excluding steroid dienone is 2. The molecule has 3 unspecified atom stereocenters. The molecule has 0 aliphatic heterocycles. The smallest absolute Gasteiger partial charge is 0.00268 e. The van der Waals surface area contributed by atoms with Crippen LogP contribution in [0, 0.1) is 17.9 Å². The van der Waals surface area contributed by atoms with Crippen LogP contribution in [-0.2, 0) is 0 Å². The first-order chi connectivity index (χ1) is 7.93. The predicted octanol–water partition coefficient (Wildman–Crippen LogP) is 4.34. The number of rotatable bonds is 1. The molecule has 83 valence electrons. The molecule has 1 saturated carbocycles. The zero-order valence-electron chi connectivity index (χ0n) is 9.73. The van der Waals surface area contributed by atoms with Gasteiger partial charge in [-0.3, -0.25) is 0 Å². The van der Waals surface area contributed by atoms with Crippen molar-refractivity contribution in [1.82, 2.24) is 0 Å². The molecule has 0 heteroatoms. The van der Waals surface area contributed by atoms with Crippen molar-refractivity contribution in [2.24, 2.45) is 11.8 Å². The van der Waals surface area contributed by atoms with Gasteiger partial charge in [0.15, 0.2) is 0 Å². The standard InChI is InChI=1S/C16H19/c1-2-6-13(7-3-1)16-11-10-14-8-4-5-9-15(14)12-16/h1-3,6-7,11,14-16H,4-5,8-9,12H2. The fraction of sp³-hybridized carbons (Fsp3) is 0.500. The van der Waals surface area contributed by atoms with Crippen LogP contribution in [0.1, 0.15) is 43.6 Å². The quantitative estimate of drug-likeness (QED) is 0.648. The second kappa shape index (κ2) is 4.45. The zero-order chi connectivity index (χ0) is 10.8. The van der Waals surface area contributed by atoms with Gasteiger partial charge in [-0.2, -0.15) is 0 Å². The van der Waals surface area contributed by atoms with Gasteiger partial charge < -0.3 is 0 Å². The van der Waals surface area contributed by atoms with Crippen LogP contribution in [0.5, 0.6) is 0 Å². The minimum absolute atomic E-state index is 0.626. The highest BCUT2D eigenvalue weighted by Gasteiger charge is 2.29. The maximum Gasteiger partial charge on any atom is 0.00268 e. The van der Waals surface area contributed by atoms with Crippen LogP contribution in [-0.4, -0.2) is 0 Å². The van der Waals surface area contributed by atoms with Gasteiger partial charge in [0.25, 0.3) is 0 Å². The van der Waals surface area contributed by atoms with E-state index in [9.17, 15) is 0 Å². The lowest BCUT2D eigenvalue weighted by Crippen LogP contribution is -2.23. The van der Waals surface area contributed by atoms with E-state index in [-0.39, 0.29) is 0 Å². The van der Waals surface area contributed by atoms with E-state index in [4.69, 9.17) is 0 Å². The van der Waals surface area contributed by atoms with Gasteiger partial charge in [-0.05, 0) is 42.7 Å². The average Bonchev–Trinajstić information content (AvgIpc) is 2.39. The lowest BCUT2D eigenvalue weighted by molar-refractivity contribution is 0.241. The van der Waals surface area contributed by atoms with Gasteiger partial charge >= 0.3 is 0 Å². The Labute approximate surface area is 98.4 Å². The molecule has 0 N–H and O–H groups in total. The number of benzene rings is 1. The summed E-state index contributed by atoms with van der Waals surface area (Å²) < 4.78 is 0. The first-order valence-corrected chi connectivity index (χ1v) is 6.58. The Kier molecular flexibility index (Phi) is 2.82. The Bertz CT molecular complexity index is 363. The lowest BCUT2D eigenvalue weighted by atomic mass is 9.70. The van der Waals surface area contributed by atoms with Crippen LogP contribution in [0.25, 0.3) is 0 Å². The van der Waals surface area contributed by atoms with Crippen LogP contribution in [0.2, 0.25) is 0 Å². The molecule has 0 heterocycles. The first-order valence-electron chi connectivity index (χ1n) is 6.58. The molecule has 1 fully saturated rings. The topological polar surface area (TPSA) is 0 Å². The largest absolute Gasteiger partial charge is 0.0732 e. The summed E-state index contributed by atoms with van der Waals surface area (Å²) in [4.78, 5) is 0. The first kappa shape index (κ1) is 10.1. The van der Waals surface area contributed by atoms with Crippen molar-refractivity contribution in [3.63, 3.8) is 0 Å². The molecule has 0 aromatic heterocycles. The van der Waals surface area contributed by atoms with Crippen LogP contribution in [0.15, 0.2) is 36.4 Å². The van der Waals surface area contributed by atoms with Crippen molar-refractivity contribution in [3.8, 4) is 0 Å². The van der Waals surface area contributed by atoms with Crippen LogP contribution >= 0.6 is 0 Å². The molecule has 1 aromatic carbocycles. The Balaban J connectivity index is 1.79. The van der Waals surface area contributed by atoms with E-state index in [2.05, 4.69) is 42.5 Å². The highest BCUT2D eigenvalue weighted by molar-refractivity contribution is 5.24. The number of hydrogen-bond donors (Lipinski definition) is 0. The molecule has 1 aromatic rings. The van der Waals surface area contributed by atoms with Gasteiger partial charge in [0.05, 0.1) is 0 Å². The second-order valence-corrected chi connectivity index (χ2v) is 5.24. The summed E-state index contributed by atoms with van der Waals surface area (Å²) in [6, 6.07) is 10.9. The minimum Gasteiger partial charge on any atom is -0.0732 e. The van der Waals surface area contributed by atoms with Crippen molar-refractivity contribution in [2.45, 2.75) is 38.0 Å². The molecule has 2 aliphatic rings. The summed E-state index contributed by atoms with van der Waals surface area (Å²) in [5.41, 5.74) is 1.47. The van der Waals surface area contributed by atoms with E-state index >= 15 is 0 Å². The highest BCUT2D eigenvalue weighted by Crippen LogP contribution is 2.41. The summed E-state index contributed by atoms with van der Waals surface area (Å²) in [6.45, 7) is 0. The molecule has 16 heavy (non-hydrogen) atoms. The Morgan fingerprint density at radius 2 is 1.81 bits per heavy atom. The minimum atomic E-state index is 0.626.